The molecular formula is C23H27N5O4. The molecule has 1 amide bonds. The predicted molar refractivity (Wildman–Crippen MR) is 117 cm³/mol. The van der Waals surface area contributed by atoms with Gasteiger partial charge in [0.25, 0.3) is 11.7 Å². The molecule has 9 nitrogen and oxygen atoms in total. The van der Waals surface area contributed by atoms with E-state index >= 15 is 0 Å². The molecule has 0 spiro atoms. The van der Waals surface area contributed by atoms with Crippen molar-refractivity contribution in [3.8, 4) is 0 Å². The summed E-state index contributed by atoms with van der Waals surface area (Å²) in [6, 6.07) is 4.57. The number of aliphatic hydroxyl groups excluding tert-OH is 1. The van der Waals surface area contributed by atoms with Gasteiger partial charge in [-0.2, -0.15) is 0 Å². The Morgan fingerprint density at radius 1 is 1.16 bits per heavy atom. The van der Waals surface area contributed by atoms with Crippen LogP contribution < -0.4 is 0 Å². The molecule has 2 fully saturated rings. The monoisotopic (exact) mass is 437 g/mol. The molecule has 0 saturated carbocycles. The average Bonchev–Trinajstić information content (AvgIpc) is 3.05. The van der Waals surface area contributed by atoms with E-state index in [-0.39, 0.29) is 11.3 Å². The summed E-state index contributed by atoms with van der Waals surface area (Å²) in [5, 5.41) is 11.1. The first-order valence-corrected chi connectivity index (χ1v) is 10.8. The molecule has 168 valence electrons. The van der Waals surface area contributed by atoms with Crippen molar-refractivity contribution in [2.24, 2.45) is 0 Å². The minimum absolute atomic E-state index is 0.0237. The van der Waals surface area contributed by atoms with Gasteiger partial charge < -0.3 is 14.7 Å². The fourth-order valence-corrected chi connectivity index (χ4v) is 4.21. The van der Waals surface area contributed by atoms with Crippen LogP contribution in [0.5, 0.6) is 0 Å². The SMILES string of the molecule is Cc1ncc(C(O)=C2C(=O)C(=O)N(CCCN3CCOCC3)[C@@H]2c2ccccn2)c(C)n1. The second kappa shape index (κ2) is 9.54. The van der Waals surface area contributed by atoms with E-state index in [1.54, 1.807) is 38.2 Å². The number of rotatable bonds is 6. The number of aryl methyl sites for hydroxylation is 2. The van der Waals surface area contributed by atoms with Gasteiger partial charge in [0.1, 0.15) is 17.6 Å². The van der Waals surface area contributed by atoms with Gasteiger partial charge in [0.05, 0.1) is 35.7 Å². The number of Topliss-reactive ketones (excluding diaryl/α,β-unsaturated/α-hetero) is 1. The van der Waals surface area contributed by atoms with Gasteiger partial charge in [-0.25, -0.2) is 9.97 Å². The van der Waals surface area contributed by atoms with Gasteiger partial charge in [-0.05, 0) is 32.4 Å². The molecule has 2 aliphatic heterocycles. The number of pyridine rings is 1. The Balaban J connectivity index is 1.67. The number of carbonyl (C=O) groups is 2. The Labute approximate surface area is 186 Å². The lowest BCUT2D eigenvalue weighted by atomic mass is 9.98. The third-order valence-corrected chi connectivity index (χ3v) is 5.84. The summed E-state index contributed by atoms with van der Waals surface area (Å²) in [7, 11) is 0. The van der Waals surface area contributed by atoms with E-state index in [2.05, 4.69) is 19.9 Å². The van der Waals surface area contributed by atoms with Crippen LogP contribution in [0.2, 0.25) is 0 Å². The van der Waals surface area contributed by atoms with Crippen molar-refractivity contribution >= 4 is 17.4 Å². The zero-order valence-corrected chi connectivity index (χ0v) is 18.3. The third-order valence-electron chi connectivity index (χ3n) is 5.84. The lowest BCUT2D eigenvalue weighted by molar-refractivity contribution is -0.140. The molecule has 0 bridgehead atoms. The topological polar surface area (TPSA) is 109 Å². The molecule has 4 rings (SSSR count). The van der Waals surface area contributed by atoms with Crippen LogP contribution in [-0.2, 0) is 14.3 Å². The summed E-state index contributed by atoms with van der Waals surface area (Å²) in [5.74, 6) is -1.06. The fraction of sp³-hybridized carbons (Fsp3) is 0.435. The predicted octanol–water partition coefficient (Wildman–Crippen LogP) is 1.63. The minimum atomic E-state index is -0.762. The first-order chi connectivity index (χ1) is 15.5. The van der Waals surface area contributed by atoms with Gasteiger partial charge in [-0.15, -0.1) is 0 Å². The Morgan fingerprint density at radius 3 is 2.62 bits per heavy atom. The van der Waals surface area contributed by atoms with Gasteiger partial charge in [0, 0.05) is 38.6 Å². The van der Waals surface area contributed by atoms with Crippen LogP contribution in [0.1, 0.15) is 35.2 Å². The number of ketones is 1. The van der Waals surface area contributed by atoms with Crippen LogP contribution >= 0.6 is 0 Å². The Kier molecular flexibility index (Phi) is 6.57. The minimum Gasteiger partial charge on any atom is -0.507 e. The number of hydrogen-bond donors (Lipinski definition) is 1. The summed E-state index contributed by atoms with van der Waals surface area (Å²) >= 11 is 0. The number of aromatic nitrogens is 3. The molecule has 0 radical (unpaired) electrons. The van der Waals surface area contributed by atoms with Gasteiger partial charge in [-0.3, -0.25) is 19.5 Å². The average molecular weight is 438 g/mol. The molecule has 2 aromatic heterocycles. The quantitative estimate of drug-likeness (QED) is 0.413. The van der Waals surface area contributed by atoms with Crippen molar-refractivity contribution in [1.29, 1.82) is 0 Å². The second-order valence-electron chi connectivity index (χ2n) is 7.97. The van der Waals surface area contributed by atoms with Crippen molar-refractivity contribution in [3.05, 3.63) is 58.9 Å². The van der Waals surface area contributed by atoms with Gasteiger partial charge in [0.2, 0.25) is 0 Å². The van der Waals surface area contributed by atoms with Gasteiger partial charge in [0.15, 0.2) is 0 Å². The van der Waals surface area contributed by atoms with Crippen molar-refractivity contribution < 1.29 is 19.4 Å². The molecule has 1 N–H and O–H groups in total. The summed E-state index contributed by atoms with van der Waals surface area (Å²) in [5.41, 5.74) is 1.43. The molecule has 0 aromatic carbocycles. The Morgan fingerprint density at radius 2 is 1.94 bits per heavy atom. The molecule has 9 heteroatoms. The highest BCUT2D eigenvalue weighted by Crippen LogP contribution is 2.38. The summed E-state index contributed by atoms with van der Waals surface area (Å²) in [6.07, 6.45) is 3.79. The maximum Gasteiger partial charge on any atom is 0.295 e. The van der Waals surface area contributed by atoms with Crippen molar-refractivity contribution in [1.82, 2.24) is 24.8 Å². The van der Waals surface area contributed by atoms with Crippen LogP contribution in [0.15, 0.2) is 36.2 Å². The second-order valence-corrected chi connectivity index (χ2v) is 7.97. The van der Waals surface area contributed by atoms with Crippen molar-refractivity contribution in [2.45, 2.75) is 26.3 Å². The lowest BCUT2D eigenvalue weighted by Crippen LogP contribution is -2.39. The molecule has 2 aromatic rings. The fourth-order valence-electron chi connectivity index (χ4n) is 4.21. The number of aliphatic hydroxyl groups is 1. The molecule has 0 unspecified atom stereocenters. The highest BCUT2D eigenvalue weighted by Gasteiger charge is 2.46. The van der Waals surface area contributed by atoms with Crippen LogP contribution in [0.3, 0.4) is 0 Å². The molecule has 0 aliphatic carbocycles. The normalized spacial score (nSPS) is 21.3. The van der Waals surface area contributed by atoms with Crippen LogP contribution in [0.25, 0.3) is 5.76 Å². The number of morpholine rings is 1. The zero-order valence-electron chi connectivity index (χ0n) is 18.3. The van der Waals surface area contributed by atoms with E-state index in [0.717, 1.165) is 19.6 Å². The zero-order chi connectivity index (χ0) is 22.7. The van der Waals surface area contributed by atoms with E-state index in [1.165, 1.54) is 11.1 Å². The smallest absolute Gasteiger partial charge is 0.295 e. The third kappa shape index (κ3) is 4.39. The summed E-state index contributed by atoms with van der Waals surface area (Å²) in [6.45, 7) is 7.78. The summed E-state index contributed by atoms with van der Waals surface area (Å²) in [4.78, 5) is 42.7. The highest BCUT2D eigenvalue weighted by molar-refractivity contribution is 6.46. The van der Waals surface area contributed by atoms with Crippen molar-refractivity contribution in [2.75, 3.05) is 39.4 Å². The molecule has 1 atom stereocenters. The maximum absolute atomic E-state index is 13.1. The van der Waals surface area contributed by atoms with Crippen molar-refractivity contribution in [3.63, 3.8) is 0 Å². The highest BCUT2D eigenvalue weighted by atomic mass is 16.5. The number of ether oxygens (including phenoxy) is 1. The van der Waals surface area contributed by atoms with Gasteiger partial charge in [-0.1, -0.05) is 6.07 Å². The molecule has 2 saturated heterocycles. The Bertz CT molecular complexity index is 1030. The molecule has 4 heterocycles. The van der Waals surface area contributed by atoms with E-state index < -0.39 is 17.7 Å². The Hall–Kier alpha value is -3.17. The number of carbonyl (C=O) groups excluding carboxylic acids is 2. The maximum atomic E-state index is 13.1. The van der Waals surface area contributed by atoms with E-state index in [1.807, 2.05) is 0 Å². The number of amides is 1. The van der Waals surface area contributed by atoms with Gasteiger partial charge >= 0.3 is 0 Å². The van der Waals surface area contributed by atoms with Crippen LogP contribution in [0, 0.1) is 13.8 Å². The lowest BCUT2D eigenvalue weighted by Gasteiger charge is -2.28. The van der Waals surface area contributed by atoms with Crippen LogP contribution in [0.4, 0.5) is 0 Å². The molecule has 2 aliphatic rings. The molecule has 32 heavy (non-hydrogen) atoms. The number of hydrogen-bond acceptors (Lipinski definition) is 8. The first-order valence-electron chi connectivity index (χ1n) is 10.8. The summed E-state index contributed by atoms with van der Waals surface area (Å²) < 4.78 is 5.38. The van der Waals surface area contributed by atoms with Crippen LogP contribution in [-0.4, -0.2) is 80.9 Å². The standard InChI is InChI=1S/C23H27N5O4/c1-15-17(14-25-16(2)26-15)21(29)19-20(18-6-3-4-7-24-18)28(23(31)22(19)30)9-5-8-27-10-12-32-13-11-27/h3-4,6-7,14,20,29H,5,8-13H2,1-2H3/t20-/m1/s1. The largest absolute Gasteiger partial charge is 0.507 e. The number of likely N-dealkylation sites (tertiary alicyclic amines) is 1. The van der Waals surface area contributed by atoms with E-state index in [0.29, 0.717) is 49.0 Å². The molecular weight excluding hydrogens is 410 g/mol. The van der Waals surface area contributed by atoms with E-state index in [9.17, 15) is 14.7 Å². The first kappa shape index (κ1) is 22.0. The number of nitrogens with zero attached hydrogens (tertiary/aromatic N) is 5. The van der Waals surface area contributed by atoms with E-state index in [4.69, 9.17) is 4.74 Å².